The maximum absolute atomic E-state index is 12.4. The molecule has 0 atom stereocenters. The molecule has 0 spiro atoms. The minimum atomic E-state index is 0. The number of pyridine rings is 2. The first-order valence-electron chi connectivity index (χ1n) is 10.2. The summed E-state index contributed by atoms with van der Waals surface area (Å²) in [5.74, 6) is 0.0485. The van der Waals surface area contributed by atoms with Crippen LogP contribution in [0.3, 0.4) is 0 Å². The van der Waals surface area contributed by atoms with Crippen LogP contribution < -0.4 is 11.5 Å². The van der Waals surface area contributed by atoms with Crippen molar-refractivity contribution in [2.45, 2.75) is 0 Å². The predicted molar refractivity (Wildman–Crippen MR) is 116 cm³/mol. The van der Waals surface area contributed by atoms with Gasteiger partial charge in [-0.25, -0.2) is 0 Å². The summed E-state index contributed by atoms with van der Waals surface area (Å²) in [6.45, 7) is 5.41. The van der Waals surface area contributed by atoms with Crippen LogP contribution in [0.5, 0.6) is 0 Å². The molecular formula is C22H23N7O2Ru. The molecule has 0 saturated carbocycles. The smallest absolute Gasteiger partial charge is 0.227 e. The number of aromatic nitrogens is 2. The maximum atomic E-state index is 12.4. The van der Waals surface area contributed by atoms with Crippen molar-refractivity contribution in [3.8, 4) is 11.4 Å². The quantitative estimate of drug-likeness (QED) is 0.338. The second kappa shape index (κ2) is 8.70. The van der Waals surface area contributed by atoms with E-state index in [1.165, 1.54) is 6.08 Å². The Kier molecular flexibility index (Phi) is 5.97. The summed E-state index contributed by atoms with van der Waals surface area (Å²) < 4.78 is 0. The SMILES string of the molecule is Nc1ccnc(-c2cc(N)ccn2)c1.O=C1C=C(N2CC2)C(=O)C(N2CC2)=C1N1CC1.[Ru]. The minimum absolute atomic E-state index is 0. The van der Waals surface area contributed by atoms with E-state index in [-0.39, 0.29) is 31.0 Å². The Bertz CT molecular complexity index is 1090. The molecule has 166 valence electrons. The molecule has 6 rings (SSSR count). The van der Waals surface area contributed by atoms with E-state index >= 15 is 0 Å². The van der Waals surface area contributed by atoms with Crippen molar-refractivity contribution in [1.29, 1.82) is 0 Å². The Morgan fingerprint density at radius 2 is 1.19 bits per heavy atom. The van der Waals surface area contributed by atoms with Crippen LogP contribution in [0.15, 0.2) is 59.8 Å². The zero-order valence-electron chi connectivity index (χ0n) is 17.3. The van der Waals surface area contributed by atoms with Crippen LogP contribution in [0.2, 0.25) is 0 Å². The Balaban J connectivity index is 0.000000152. The molecule has 2 aromatic heterocycles. The molecule has 4 aliphatic rings. The van der Waals surface area contributed by atoms with Gasteiger partial charge in [0.05, 0.1) is 17.1 Å². The number of nitrogens with zero attached hydrogens (tertiary/aromatic N) is 5. The van der Waals surface area contributed by atoms with E-state index in [2.05, 4.69) is 9.97 Å². The number of anilines is 2. The second-order valence-corrected chi connectivity index (χ2v) is 7.83. The summed E-state index contributed by atoms with van der Waals surface area (Å²) in [7, 11) is 0. The standard InChI is InChI=1S/C12H13N3O2.C10H10N4.Ru/c16-9-7-8(13-1-2-13)12(17)11(15-5-6-15)10(9)14-3-4-14;11-7-1-3-13-9(5-7)10-6-8(12)2-4-14-10;/h7H,1-6H2;1-6H,(H2,11,13)(H2,12,14);. The molecule has 3 saturated heterocycles. The third-order valence-electron chi connectivity index (χ3n) is 5.32. The Morgan fingerprint density at radius 3 is 1.62 bits per heavy atom. The van der Waals surface area contributed by atoms with Crippen LogP contribution in [-0.4, -0.2) is 75.5 Å². The van der Waals surface area contributed by atoms with Gasteiger partial charge in [0.25, 0.3) is 0 Å². The van der Waals surface area contributed by atoms with E-state index < -0.39 is 0 Å². The van der Waals surface area contributed by atoms with Gasteiger partial charge in [0.2, 0.25) is 11.6 Å². The third kappa shape index (κ3) is 4.65. The summed E-state index contributed by atoms with van der Waals surface area (Å²) in [6, 6.07) is 7.00. The molecule has 0 amide bonds. The van der Waals surface area contributed by atoms with Crippen LogP contribution in [0, 0.1) is 0 Å². The average Bonchev–Trinajstić information content (AvgIpc) is 3.61. The molecule has 2 aromatic rings. The number of hydrogen-bond acceptors (Lipinski definition) is 9. The first-order chi connectivity index (χ1) is 15.0. The van der Waals surface area contributed by atoms with Gasteiger partial charge in [0.1, 0.15) is 11.4 Å². The molecule has 5 heterocycles. The van der Waals surface area contributed by atoms with Crippen molar-refractivity contribution in [1.82, 2.24) is 24.7 Å². The zero-order chi connectivity index (χ0) is 21.5. The second-order valence-electron chi connectivity index (χ2n) is 7.83. The minimum Gasteiger partial charge on any atom is -0.399 e. The summed E-state index contributed by atoms with van der Waals surface area (Å²) in [6.07, 6.45) is 4.82. The van der Waals surface area contributed by atoms with Crippen LogP contribution in [0.1, 0.15) is 0 Å². The van der Waals surface area contributed by atoms with Crippen molar-refractivity contribution in [2.75, 3.05) is 50.7 Å². The van der Waals surface area contributed by atoms with Crippen molar-refractivity contribution in [3.63, 3.8) is 0 Å². The fraction of sp³-hybridized carbons (Fsp3) is 0.273. The largest absolute Gasteiger partial charge is 0.399 e. The molecule has 0 unspecified atom stereocenters. The van der Waals surface area contributed by atoms with E-state index in [4.69, 9.17) is 11.5 Å². The van der Waals surface area contributed by atoms with Gasteiger partial charge < -0.3 is 26.2 Å². The first-order valence-corrected chi connectivity index (χ1v) is 10.2. The molecule has 0 aromatic carbocycles. The van der Waals surface area contributed by atoms with Crippen LogP contribution in [0.25, 0.3) is 11.4 Å². The number of allylic oxidation sites excluding steroid dienone is 1. The fourth-order valence-electron chi connectivity index (χ4n) is 3.45. The third-order valence-corrected chi connectivity index (χ3v) is 5.32. The van der Waals surface area contributed by atoms with Crippen molar-refractivity contribution in [2.24, 2.45) is 0 Å². The maximum Gasteiger partial charge on any atom is 0.227 e. The molecule has 3 fully saturated rings. The van der Waals surface area contributed by atoms with Gasteiger partial charge in [-0.05, 0) is 24.3 Å². The van der Waals surface area contributed by atoms with Gasteiger partial charge in [0.15, 0.2) is 0 Å². The molecule has 1 aliphatic carbocycles. The van der Waals surface area contributed by atoms with Gasteiger partial charge in [-0.15, -0.1) is 0 Å². The van der Waals surface area contributed by atoms with Gasteiger partial charge in [-0.2, -0.15) is 0 Å². The van der Waals surface area contributed by atoms with Gasteiger partial charge in [0, 0.05) is 88.6 Å². The average molecular weight is 519 g/mol. The Morgan fingerprint density at radius 1 is 0.719 bits per heavy atom. The van der Waals surface area contributed by atoms with E-state index in [0.717, 1.165) is 50.7 Å². The van der Waals surface area contributed by atoms with Gasteiger partial charge >= 0.3 is 0 Å². The molecule has 0 bridgehead atoms. The summed E-state index contributed by atoms with van der Waals surface area (Å²) in [5, 5.41) is 0. The predicted octanol–water partition coefficient (Wildman–Crippen LogP) is 0.486. The first kappa shape index (κ1) is 22.0. The molecule has 3 aliphatic heterocycles. The summed E-state index contributed by atoms with van der Waals surface area (Å²) >= 11 is 0. The van der Waals surface area contributed by atoms with Gasteiger partial charge in [-0.3, -0.25) is 19.6 Å². The fourth-order valence-corrected chi connectivity index (χ4v) is 3.45. The summed E-state index contributed by atoms with van der Waals surface area (Å²) in [4.78, 5) is 38.8. The Labute approximate surface area is 198 Å². The van der Waals surface area contributed by atoms with Crippen molar-refractivity contribution >= 4 is 22.9 Å². The van der Waals surface area contributed by atoms with E-state index in [1.54, 1.807) is 36.7 Å². The number of hydrogen-bond donors (Lipinski definition) is 2. The Hall–Kier alpha value is -3.26. The molecule has 0 radical (unpaired) electrons. The molecule has 32 heavy (non-hydrogen) atoms. The number of nitrogens with two attached hydrogens (primary N) is 2. The van der Waals surface area contributed by atoms with Crippen LogP contribution in [0.4, 0.5) is 11.4 Å². The molecule has 4 N–H and O–H groups in total. The van der Waals surface area contributed by atoms with E-state index in [1.807, 2.05) is 14.7 Å². The van der Waals surface area contributed by atoms with Crippen LogP contribution in [-0.2, 0) is 29.1 Å². The monoisotopic (exact) mass is 519 g/mol. The van der Waals surface area contributed by atoms with Crippen molar-refractivity contribution < 1.29 is 29.1 Å². The molecular weight excluding hydrogens is 495 g/mol. The number of carbonyl (C=O) groups excluding carboxylic acids is 2. The van der Waals surface area contributed by atoms with Crippen molar-refractivity contribution in [3.05, 3.63) is 59.8 Å². The summed E-state index contributed by atoms with van der Waals surface area (Å²) in [5.41, 5.74) is 16.0. The van der Waals surface area contributed by atoms with Crippen LogP contribution >= 0.6 is 0 Å². The van der Waals surface area contributed by atoms with E-state index in [9.17, 15) is 9.59 Å². The number of ketones is 2. The zero-order valence-corrected chi connectivity index (χ0v) is 19.1. The topological polar surface area (TPSA) is 121 Å². The number of rotatable bonds is 4. The number of carbonyl (C=O) groups is 2. The molecule has 10 heteroatoms. The van der Waals surface area contributed by atoms with Gasteiger partial charge in [-0.1, -0.05) is 0 Å². The number of Topliss-reactive ketones (excluding diaryl/α,β-unsaturated/α-hetero) is 1. The number of nitrogen functional groups attached to an aromatic ring is 2. The normalized spacial score (nSPS) is 18.5. The van der Waals surface area contributed by atoms with E-state index in [0.29, 0.717) is 28.5 Å². The molecule has 9 nitrogen and oxygen atoms in total.